The third kappa shape index (κ3) is 5.32. The normalized spacial score (nSPS) is 14.1. The van der Waals surface area contributed by atoms with Gasteiger partial charge in [0.15, 0.2) is 0 Å². The fourth-order valence-corrected chi connectivity index (χ4v) is 2.03. The maximum Gasteiger partial charge on any atom is 0.321 e. The van der Waals surface area contributed by atoms with Crippen molar-refractivity contribution in [2.24, 2.45) is 5.92 Å². The van der Waals surface area contributed by atoms with Gasteiger partial charge < -0.3 is 10.4 Å². The Kier molecular flexibility index (Phi) is 6.44. The first-order valence-electron chi connectivity index (χ1n) is 6.63. The molecule has 0 radical (unpaired) electrons. The molecule has 3 heteroatoms. The molecule has 1 unspecified atom stereocenters. The summed E-state index contributed by atoms with van der Waals surface area (Å²) in [5.41, 5.74) is 1.06. The van der Waals surface area contributed by atoms with E-state index in [1.165, 1.54) is 0 Å². The minimum absolute atomic E-state index is 0.494. The van der Waals surface area contributed by atoms with Gasteiger partial charge in [0, 0.05) is 0 Å². The minimum Gasteiger partial charge on any atom is -0.480 e. The lowest BCUT2D eigenvalue weighted by Gasteiger charge is -2.17. The highest BCUT2D eigenvalue weighted by atomic mass is 16.4. The fourth-order valence-electron chi connectivity index (χ4n) is 2.03. The quantitative estimate of drug-likeness (QED) is 0.744. The van der Waals surface area contributed by atoms with E-state index in [4.69, 9.17) is 0 Å². The lowest BCUT2D eigenvalue weighted by molar-refractivity contribution is -0.139. The van der Waals surface area contributed by atoms with E-state index in [0.717, 1.165) is 24.9 Å². The molecular formula is C15H23NO2. The Bertz CT molecular complexity index is 351. The molecule has 0 heterocycles. The standard InChI is InChI=1S/C15H23NO2/c1-3-7-12(2)11-16-14(15(17)18)10-13-8-5-4-6-9-13/h4-6,8-9,12,14,16H,3,7,10-11H2,1-2H3,(H,17,18)/t12?,14-/m1/s1. The Morgan fingerprint density at radius 3 is 2.56 bits per heavy atom. The van der Waals surface area contributed by atoms with Crippen molar-refractivity contribution in [1.82, 2.24) is 5.32 Å². The first-order chi connectivity index (χ1) is 8.63. The average molecular weight is 249 g/mol. The Balaban J connectivity index is 2.48. The van der Waals surface area contributed by atoms with E-state index in [2.05, 4.69) is 19.2 Å². The molecule has 100 valence electrons. The molecule has 0 saturated carbocycles. The molecule has 0 saturated heterocycles. The van der Waals surface area contributed by atoms with Crippen LogP contribution in [0.2, 0.25) is 0 Å². The van der Waals surface area contributed by atoms with Gasteiger partial charge in [0.2, 0.25) is 0 Å². The third-order valence-corrected chi connectivity index (χ3v) is 3.07. The van der Waals surface area contributed by atoms with Gasteiger partial charge in [-0.2, -0.15) is 0 Å². The van der Waals surface area contributed by atoms with Gasteiger partial charge in [-0.15, -0.1) is 0 Å². The number of aliphatic carboxylic acids is 1. The van der Waals surface area contributed by atoms with E-state index >= 15 is 0 Å². The van der Waals surface area contributed by atoms with Gasteiger partial charge in [-0.3, -0.25) is 4.79 Å². The summed E-state index contributed by atoms with van der Waals surface area (Å²) in [6.07, 6.45) is 2.80. The molecule has 0 bridgehead atoms. The number of carboxylic acids is 1. The van der Waals surface area contributed by atoms with Crippen LogP contribution in [0.4, 0.5) is 0 Å². The Hall–Kier alpha value is -1.35. The predicted molar refractivity (Wildman–Crippen MR) is 73.6 cm³/mol. The Labute approximate surface area is 109 Å². The number of nitrogens with one attached hydrogen (secondary N) is 1. The largest absolute Gasteiger partial charge is 0.480 e. The number of carbonyl (C=O) groups is 1. The number of carboxylic acid groups (broad SMARTS) is 1. The van der Waals surface area contributed by atoms with Crippen LogP contribution < -0.4 is 5.32 Å². The molecule has 0 amide bonds. The molecule has 1 aromatic rings. The van der Waals surface area contributed by atoms with Crippen molar-refractivity contribution in [3.05, 3.63) is 35.9 Å². The van der Waals surface area contributed by atoms with Crippen LogP contribution in [0.1, 0.15) is 32.3 Å². The van der Waals surface area contributed by atoms with Crippen LogP contribution in [0.3, 0.4) is 0 Å². The van der Waals surface area contributed by atoms with E-state index in [-0.39, 0.29) is 0 Å². The van der Waals surface area contributed by atoms with E-state index in [1.54, 1.807) is 0 Å². The summed E-state index contributed by atoms with van der Waals surface area (Å²) >= 11 is 0. The van der Waals surface area contributed by atoms with Crippen LogP contribution in [0.25, 0.3) is 0 Å². The van der Waals surface area contributed by atoms with E-state index < -0.39 is 12.0 Å². The molecule has 0 aliphatic carbocycles. The molecule has 3 nitrogen and oxygen atoms in total. The van der Waals surface area contributed by atoms with E-state index in [9.17, 15) is 9.90 Å². The molecule has 0 aliphatic heterocycles. The number of benzene rings is 1. The maximum absolute atomic E-state index is 11.2. The zero-order valence-corrected chi connectivity index (χ0v) is 11.2. The molecule has 1 aromatic carbocycles. The molecule has 18 heavy (non-hydrogen) atoms. The number of hydrogen-bond donors (Lipinski definition) is 2. The third-order valence-electron chi connectivity index (χ3n) is 3.07. The van der Waals surface area contributed by atoms with Crippen molar-refractivity contribution in [2.45, 2.75) is 39.2 Å². The molecule has 0 fully saturated rings. The molecular weight excluding hydrogens is 226 g/mol. The summed E-state index contributed by atoms with van der Waals surface area (Å²) in [6, 6.07) is 9.25. The van der Waals surface area contributed by atoms with Gasteiger partial charge in [0.05, 0.1) is 0 Å². The SMILES string of the molecule is CCCC(C)CN[C@H](Cc1ccccc1)C(=O)O. The van der Waals surface area contributed by atoms with Crippen molar-refractivity contribution in [3.8, 4) is 0 Å². The molecule has 2 N–H and O–H groups in total. The van der Waals surface area contributed by atoms with Gasteiger partial charge in [-0.05, 0) is 30.9 Å². The van der Waals surface area contributed by atoms with Crippen LogP contribution in [-0.2, 0) is 11.2 Å². The van der Waals surface area contributed by atoms with Gasteiger partial charge >= 0.3 is 5.97 Å². The van der Waals surface area contributed by atoms with Crippen molar-refractivity contribution in [3.63, 3.8) is 0 Å². The molecule has 0 spiro atoms. The summed E-state index contributed by atoms with van der Waals surface area (Å²) in [4.78, 5) is 11.2. The first-order valence-corrected chi connectivity index (χ1v) is 6.63. The zero-order valence-electron chi connectivity index (χ0n) is 11.2. The van der Waals surface area contributed by atoms with Crippen molar-refractivity contribution in [2.75, 3.05) is 6.54 Å². The van der Waals surface area contributed by atoms with Crippen molar-refractivity contribution < 1.29 is 9.90 Å². The fraction of sp³-hybridized carbons (Fsp3) is 0.533. The smallest absolute Gasteiger partial charge is 0.321 e. The van der Waals surface area contributed by atoms with Crippen LogP contribution >= 0.6 is 0 Å². The molecule has 0 aromatic heterocycles. The number of hydrogen-bond acceptors (Lipinski definition) is 2. The summed E-state index contributed by atoms with van der Waals surface area (Å²) in [5, 5.41) is 12.4. The number of rotatable bonds is 8. The molecule has 2 atom stereocenters. The minimum atomic E-state index is -0.775. The van der Waals surface area contributed by atoms with Crippen molar-refractivity contribution in [1.29, 1.82) is 0 Å². The lowest BCUT2D eigenvalue weighted by Crippen LogP contribution is -2.40. The Morgan fingerprint density at radius 2 is 2.00 bits per heavy atom. The van der Waals surface area contributed by atoms with Gasteiger partial charge in [0.25, 0.3) is 0 Å². The van der Waals surface area contributed by atoms with Crippen LogP contribution in [0.5, 0.6) is 0 Å². The Morgan fingerprint density at radius 1 is 1.33 bits per heavy atom. The topological polar surface area (TPSA) is 49.3 Å². The highest BCUT2D eigenvalue weighted by Crippen LogP contribution is 2.06. The molecule has 1 rings (SSSR count). The summed E-state index contributed by atoms with van der Waals surface area (Å²) in [7, 11) is 0. The lowest BCUT2D eigenvalue weighted by atomic mass is 10.0. The zero-order chi connectivity index (χ0) is 13.4. The summed E-state index contributed by atoms with van der Waals surface area (Å²) < 4.78 is 0. The van der Waals surface area contributed by atoms with Gasteiger partial charge in [-0.1, -0.05) is 50.6 Å². The van der Waals surface area contributed by atoms with Crippen molar-refractivity contribution >= 4 is 5.97 Å². The second kappa shape index (κ2) is 7.88. The maximum atomic E-state index is 11.2. The highest BCUT2D eigenvalue weighted by Gasteiger charge is 2.17. The van der Waals surface area contributed by atoms with E-state index in [0.29, 0.717) is 12.3 Å². The van der Waals surface area contributed by atoms with Gasteiger partial charge in [-0.25, -0.2) is 0 Å². The average Bonchev–Trinajstić information content (AvgIpc) is 2.35. The van der Waals surface area contributed by atoms with Gasteiger partial charge in [0.1, 0.15) is 6.04 Å². The van der Waals surface area contributed by atoms with Crippen LogP contribution in [0.15, 0.2) is 30.3 Å². The second-order valence-electron chi connectivity index (χ2n) is 4.88. The highest BCUT2D eigenvalue weighted by molar-refractivity contribution is 5.73. The summed E-state index contributed by atoms with van der Waals surface area (Å²) in [5.74, 6) is -0.254. The molecule has 0 aliphatic rings. The van der Waals surface area contributed by atoms with Crippen LogP contribution in [0, 0.1) is 5.92 Å². The van der Waals surface area contributed by atoms with E-state index in [1.807, 2.05) is 30.3 Å². The predicted octanol–water partition coefficient (Wildman–Crippen LogP) is 2.71. The summed E-state index contributed by atoms with van der Waals surface area (Å²) in [6.45, 7) is 5.06. The monoisotopic (exact) mass is 249 g/mol. The first kappa shape index (κ1) is 14.7. The second-order valence-corrected chi connectivity index (χ2v) is 4.88. The van der Waals surface area contributed by atoms with Crippen LogP contribution in [-0.4, -0.2) is 23.7 Å².